The Balaban J connectivity index is 1.68. The van der Waals surface area contributed by atoms with Crippen molar-refractivity contribution in [2.24, 2.45) is 0 Å². The molecule has 2 heterocycles. The number of rotatable bonds is 3. The Hall–Kier alpha value is -3.35. The Morgan fingerprint density at radius 3 is 2.56 bits per heavy atom. The number of nitrogens with one attached hydrogen (secondary N) is 2. The lowest BCUT2D eigenvalue weighted by Gasteiger charge is -2.32. The van der Waals surface area contributed by atoms with Crippen LogP contribution in [0.15, 0.2) is 40.9 Å². The molecule has 0 bridgehead atoms. The van der Waals surface area contributed by atoms with E-state index in [4.69, 9.17) is 4.42 Å². The highest BCUT2D eigenvalue weighted by molar-refractivity contribution is 5.96. The molecule has 0 saturated heterocycles. The molecule has 2 N–H and O–H groups in total. The summed E-state index contributed by atoms with van der Waals surface area (Å²) in [6.45, 7) is 4.88. The van der Waals surface area contributed by atoms with Crippen LogP contribution in [-0.2, 0) is 9.59 Å². The number of carbonyl (C=O) groups excluding carboxylic acids is 3. The van der Waals surface area contributed by atoms with Crippen molar-refractivity contribution >= 4 is 23.8 Å². The van der Waals surface area contributed by atoms with Crippen molar-refractivity contribution in [3.63, 3.8) is 0 Å². The molecule has 0 spiro atoms. The summed E-state index contributed by atoms with van der Waals surface area (Å²) in [7, 11) is 0. The van der Waals surface area contributed by atoms with Crippen molar-refractivity contribution in [3.8, 4) is 0 Å². The summed E-state index contributed by atoms with van der Waals surface area (Å²) in [6, 6.07) is 8.77. The molecule has 3 rings (SSSR count). The van der Waals surface area contributed by atoms with Gasteiger partial charge in [0.05, 0.1) is 18.0 Å². The number of amides is 3. The van der Waals surface area contributed by atoms with E-state index in [9.17, 15) is 14.4 Å². The average molecular weight is 367 g/mol. The van der Waals surface area contributed by atoms with Crippen LogP contribution in [0.5, 0.6) is 0 Å². The molecule has 0 aliphatic carbocycles. The van der Waals surface area contributed by atoms with Gasteiger partial charge in [-0.05, 0) is 37.1 Å². The van der Waals surface area contributed by atoms with Gasteiger partial charge >= 0.3 is 0 Å². The first-order chi connectivity index (χ1) is 12.9. The molecule has 140 valence electrons. The van der Waals surface area contributed by atoms with Gasteiger partial charge in [0, 0.05) is 13.1 Å². The van der Waals surface area contributed by atoms with Gasteiger partial charge in [0.1, 0.15) is 11.5 Å². The Morgan fingerprint density at radius 2 is 1.89 bits per heavy atom. The van der Waals surface area contributed by atoms with Gasteiger partial charge in [0.15, 0.2) is 0 Å². The van der Waals surface area contributed by atoms with E-state index in [2.05, 4.69) is 10.9 Å². The van der Waals surface area contributed by atoms with Crippen LogP contribution < -0.4 is 10.9 Å². The minimum absolute atomic E-state index is 0.0185. The smallest absolute Gasteiger partial charge is 0.273 e. The predicted octanol–water partition coefficient (Wildman–Crippen LogP) is 2.62. The van der Waals surface area contributed by atoms with Crippen LogP contribution in [0.1, 0.15) is 52.4 Å². The minimum atomic E-state index is -0.454. The fraction of sp³-hybridized carbons (Fsp3) is 0.250. The van der Waals surface area contributed by atoms with E-state index in [-0.39, 0.29) is 12.3 Å². The standard InChI is InChI=1S/C20H21N3O4/c1-12-10-17(13(2)27-12)20(26)22-21-19(25)11-18-16-7-5-4-6-15(16)8-9-23(18)14(3)24/h4-10,18H,11H2,1-3H3,(H,21,25)(H,22,26)/t18-/m1/s1. The fourth-order valence-corrected chi connectivity index (χ4v) is 3.19. The molecule has 2 aromatic rings. The third kappa shape index (κ3) is 3.92. The number of hydrazine groups is 1. The maximum atomic E-state index is 12.4. The van der Waals surface area contributed by atoms with Gasteiger partial charge in [-0.1, -0.05) is 24.3 Å². The SMILES string of the molecule is CC(=O)N1C=Cc2ccccc2[C@H]1CC(=O)NNC(=O)c1cc(C)oc1C. The number of hydrogen-bond acceptors (Lipinski definition) is 4. The van der Waals surface area contributed by atoms with Crippen LogP contribution in [-0.4, -0.2) is 22.6 Å². The first kappa shape index (κ1) is 18.4. The number of aryl methyl sites for hydroxylation is 2. The van der Waals surface area contributed by atoms with E-state index in [0.717, 1.165) is 11.1 Å². The zero-order valence-corrected chi connectivity index (χ0v) is 15.4. The third-order valence-electron chi connectivity index (χ3n) is 4.45. The molecule has 1 aliphatic rings. The summed E-state index contributed by atoms with van der Waals surface area (Å²) in [6.07, 6.45) is 3.54. The molecule has 7 nitrogen and oxygen atoms in total. The molecule has 1 aliphatic heterocycles. The average Bonchev–Trinajstić information content (AvgIpc) is 2.98. The second-order valence-electron chi connectivity index (χ2n) is 6.42. The Labute approximate surface area is 157 Å². The van der Waals surface area contributed by atoms with Crippen molar-refractivity contribution in [2.75, 3.05) is 0 Å². The number of furan rings is 1. The highest BCUT2D eigenvalue weighted by Crippen LogP contribution is 2.32. The number of carbonyl (C=O) groups is 3. The summed E-state index contributed by atoms with van der Waals surface area (Å²) in [5.41, 5.74) is 7.01. The van der Waals surface area contributed by atoms with E-state index < -0.39 is 17.9 Å². The second kappa shape index (κ2) is 7.49. The van der Waals surface area contributed by atoms with E-state index in [0.29, 0.717) is 17.1 Å². The van der Waals surface area contributed by atoms with Gasteiger partial charge in [0.2, 0.25) is 11.8 Å². The van der Waals surface area contributed by atoms with Crippen LogP contribution in [0.25, 0.3) is 6.08 Å². The second-order valence-corrected chi connectivity index (χ2v) is 6.42. The topological polar surface area (TPSA) is 91.7 Å². The quantitative estimate of drug-likeness (QED) is 0.816. The summed E-state index contributed by atoms with van der Waals surface area (Å²) < 4.78 is 5.32. The van der Waals surface area contributed by atoms with Gasteiger partial charge < -0.3 is 9.32 Å². The van der Waals surface area contributed by atoms with Crippen molar-refractivity contribution in [1.29, 1.82) is 0 Å². The van der Waals surface area contributed by atoms with Gasteiger partial charge in [-0.2, -0.15) is 0 Å². The molecule has 0 radical (unpaired) electrons. The zero-order valence-electron chi connectivity index (χ0n) is 15.4. The minimum Gasteiger partial charge on any atom is -0.466 e. The van der Waals surface area contributed by atoms with E-state index in [1.54, 1.807) is 26.1 Å². The summed E-state index contributed by atoms with van der Waals surface area (Å²) in [4.78, 5) is 38.1. The van der Waals surface area contributed by atoms with Crippen molar-refractivity contribution in [1.82, 2.24) is 15.8 Å². The van der Waals surface area contributed by atoms with Crippen molar-refractivity contribution in [3.05, 3.63) is 64.7 Å². The Bertz CT molecular complexity index is 929. The van der Waals surface area contributed by atoms with Gasteiger partial charge in [-0.25, -0.2) is 0 Å². The lowest BCUT2D eigenvalue weighted by Crippen LogP contribution is -2.43. The van der Waals surface area contributed by atoms with Crippen LogP contribution in [0.3, 0.4) is 0 Å². The molecule has 3 amide bonds. The highest BCUT2D eigenvalue weighted by atomic mass is 16.3. The Kier molecular flexibility index (Phi) is 5.12. The summed E-state index contributed by atoms with van der Waals surface area (Å²) in [5, 5.41) is 0. The molecular weight excluding hydrogens is 346 g/mol. The molecule has 1 atom stereocenters. The number of benzene rings is 1. The molecule has 7 heteroatoms. The molecule has 1 aromatic carbocycles. The third-order valence-corrected chi connectivity index (χ3v) is 4.45. The lowest BCUT2D eigenvalue weighted by atomic mass is 9.93. The van der Waals surface area contributed by atoms with Gasteiger partial charge in [-0.15, -0.1) is 0 Å². The fourth-order valence-electron chi connectivity index (χ4n) is 3.19. The normalized spacial score (nSPS) is 15.2. The van der Waals surface area contributed by atoms with Crippen LogP contribution >= 0.6 is 0 Å². The first-order valence-electron chi connectivity index (χ1n) is 8.59. The highest BCUT2D eigenvalue weighted by Gasteiger charge is 2.28. The van der Waals surface area contributed by atoms with Crippen LogP contribution in [0.4, 0.5) is 0 Å². The van der Waals surface area contributed by atoms with Crippen molar-refractivity contribution < 1.29 is 18.8 Å². The van der Waals surface area contributed by atoms with Crippen molar-refractivity contribution in [2.45, 2.75) is 33.2 Å². The molecular formula is C20H21N3O4. The van der Waals surface area contributed by atoms with E-state index in [1.807, 2.05) is 30.3 Å². The predicted molar refractivity (Wildman–Crippen MR) is 99.1 cm³/mol. The molecule has 0 unspecified atom stereocenters. The summed E-state index contributed by atoms with van der Waals surface area (Å²) >= 11 is 0. The lowest BCUT2D eigenvalue weighted by molar-refractivity contribution is -0.130. The van der Waals surface area contributed by atoms with E-state index in [1.165, 1.54) is 11.8 Å². The number of fused-ring (bicyclic) bond motifs is 1. The number of nitrogens with zero attached hydrogens (tertiary/aromatic N) is 1. The maximum absolute atomic E-state index is 12.4. The van der Waals surface area contributed by atoms with Crippen LogP contribution in [0, 0.1) is 13.8 Å². The van der Waals surface area contributed by atoms with Crippen LogP contribution in [0.2, 0.25) is 0 Å². The zero-order chi connectivity index (χ0) is 19.6. The maximum Gasteiger partial charge on any atom is 0.273 e. The molecule has 1 aromatic heterocycles. The molecule has 27 heavy (non-hydrogen) atoms. The van der Waals surface area contributed by atoms with E-state index >= 15 is 0 Å². The number of hydrogen-bond donors (Lipinski definition) is 2. The largest absolute Gasteiger partial charge is 0.466 e. The first-order valence-corrected chi connectivity index (χ1v) is 8.59. The molecule has 0 fully saturated rings. The van der Waals surface area contributed by atoms with Gasteiger partial charge in [0.25, 0.3) is 5.91 Å². The Morgan fingerprint density at radius 1 is 1.15 bits per heavy atom. The van der Waals surface area contributed by atoms with Gasteiger partial charge in [-0.3, -0.25) is 25.2 Å². The monoisotopic (exact) mass is 367 g/mol. The summed E-state index contributed by atoms with van der Waals surface area (Å²) in [5.74, 6) is 0.0831. The molecule has 0 saturated carbocycles.